The summed E-state index contributed by atoms with van der Waals surface area (Å²) < 4.78 is 5.31. The summed E-state index contributed by atoms with van der Waals surface area (Å²) in [5.74, 6) is 0.510. The topological polar surface area (TPSA) is 50.1 Å². The van der Waals surface area contributed by atoms with Crippen molar-refractivity contribution >= 4 is 17.7 Å². The highest BCUT2D eigenvalue weighted by Crippen LogP contribution is 2.19. The van der Waals surface area contributed by atoms with E-state index >= 15 is 0 Å². The zero-order chi connectivity index (χ0) is 15.8. The maximum absolute atomic E-state index is 12.0. The average molecular weight is 311 g/mol. The zero-order valence-corrected chi connectivity index (χ0v) is 13.2. The SMILES string of the molecule is CC(SCc1ccc(C#N)cc1)C(=O)OCc1ccccc1. The summed E-state index contributed by atoms with van der Waals surface area (Å²) in [5.41, 5.74) is 2.72. The Hall–Kier alpha value is -2.25. The van der Waals surface area contributed by atoms with Crippen molar-refractivity contribution in [3.8, 4) is 6.07 Å². The summed E-state index contributed by atoms with van der Waals surface area (Å²) in [5, 5.41) is 8.53. The van der Waals surface area contributed by atoms with E-state index in [4.69, 9.17) is 10.00 Å². The van der Waals surface area contributed by atoms with Gasteiger partial charge in [0.1, 0.15) is 6.61 Å². The summed E-state index contributed by atoms with van der Waals surface area (Å²) in [6.45, 7) is 2.16. The number of hydrogen-bond donors (Lipinski definition) is 0. The Labute approximate surface area is 134 Å². The van der Waals surface area contributed by atoms with Crippen molar-refractivity contribution in [2.45, 2.75) is 24.5 Å². The van der Waals surface area contributed by atoms with Crippen LogP contribution in [0.2, 0.25) is 0 Å². The fourth-order valence-corrected chi connectivity index (χ4v) is 2.65. The van der Waals surface area contributed by atoms with Crippen LogP contribution < -0.4 is 0 Å². The van der Waals surface area contributed by atoms with Crippen LogP contribution in [0.15, 0.2) is 54.6 Å². The van der Waals surface area contributed by atoms with Gasteiger partial charge in [-0.1, -0.05) is 42.5 Å². The van der Waals surface area contributed by atoms with Crippen LogP contribution in [0.5, 0.6) is 0 Å². The van der Waals surface area contributed by atoms with E-state index in [9.17, 15) is 4.79 Å². The molecule has 2 aromatic carbocycles. The number of carbonyl (C=O) groups excluding carboxylic acids is 1. The molecule has 0 heterocycles. The van der Waals surface area contributed by atoms with E-state index in [-0.39, 0.29) is 11.2 Å². The van der Waals surface area contributed by atoms with E-state index in [0.29, 0.717) is 17.9 Å². The molecule has 0 saturated heterocycles. The van der Waals surface area contributed by atoms with Crippen LogP contribution in [0.1, 0.15) is 23.6 Å². The smallest absolute Gasteiger partial charge is 0.319 e. The highest BCUT2D eigenvalue weighted by molar-refractivity contribution is 7.99. The molecule has 4 heteroatoms. The maximum Gasteiger partial charge on any atom is 0.319 e. The number of thioether (sulfide) groups is 1. The molecule has 0 aromatic heterocycles. The summed E-state index contributed by atoms with van der Waals surface area (Å²) in [6.07, 6.45) is 0. The van der Waals surface area contributed by atoms with Crippen LogP contribution in [0.3, 0.4) is 0 Å². The molecule has 1 atom stereocenters. The molecule has 0 aliphatic rings. The standard InChI is InChI=1S/C18H17NO2S/c1-14(18(20)21-12-16-5-3-2-4-6-16)22-13-17-9-7-15(11-19)8-10-17/h2-10,14H,12-13H2,1H3. The molecule has 0 aliphatic carbocycles. The summed E-state index contributed by atoms with van der Waals surface area (Å²) in [7, 11) is 0. The average Bonchev–Trinajstić information content (AvgIpc) is 2.58. The predicted octanol–water partition coefficient (Wildman–Crippen LogP) is 3.92. The van der Waals surface area contributed by atoms with Gasteiger partial charge in [0.15, 0.2) is 0 Å². The third-order valence-corrected chi connectivity index (χ3v) is 4.33. The second-order valence-electron chi connectivity index (χ2n) is 4.86. The highest BCUT2D eigenvalue weighted by atomic mass is 32.2. The molecule has 0 aliphatic heterocycles. The number of ether oxygens (including phenoxy) is 1. The maximum atomic E-state index is 12.0. The van der Waals surface area contributed by atoms with Gasteiger partial charge >= 0.3 is 5.97 Å². The largest absolute Gasteiger partial charge is 0.460 e. The van der Waals surface area contributed by atoms with E-state index in [1.54, 1.807) is 12.1 Å². The van der Waals surface area contributed by atoms with E-state index in [2.05, 4.69) is 6.07 Å². The molecule has 0 fully saturated rings. The van der Waals surface area contributed by atoms with Gasteiger partial charge in [0, 0.05) is 5.75 Å². The first-order chi connectivity index (χ1) is 10.7. The molecular weight excluding hydrogens is 294 g/mol. The van der Waals surface area contributed by atoms with E-state index in [0.717, 1.165) is 11.1 Å². The highest BCUT2D eigenvalue weighted by Gasteiger charge is 2.15. The second kappa shape index (κ2) is 8.26. The summed E-state index contributed by atoms with van der Waals surface area (Å²) in [4.78, 5) is 12.0. The van der Waals surface area contributed by atoms with Crippen molar-refractivity contribution in [3.05, 3.63) is 71.3 Å². The Kier molecular flexibility index (Phi) is 6.05. The van der Waals surface area contributed by atoms with Gasteiger partial charge in [-0.2, -0.15) is 5.26 Å². The third-order valence-electron chi connectivity index (χ3n) is 3.14. The summed E-state index contributed by atoms with van der Waals surface area (Å²) >= 11 is 1.53. The van der Waals surface area contributed by atoms with Crippen molar-refractivity contribution < 1.29 is 9.53 Å². The zero-order valence-electron chi connectivity index (χ0n) is 12.4. The third kappa shape index (κ3) is 4.94. The minimum atomic E-state index is -0.223. The number of hydrogen-bond acceptors (Lipinski definition) is 4. The quantitative estimate of drug-likeness (QED) is 0.759. The number of nitriles is 1. The fourth-order valence-electron chi connectivity index (χ4n) is 1.81. The van der Waals surface area contributed by atoms with Crippen LogP contribution in [-0.2, 0) is 21.9 Å². The molecule has 0 spiro atoms. The lowest BCUT2D eigenvalue weighted by Gasteiger charge is -2.11. The molecule has 0 bridgehead atoms. The van der Waals surface area contributed by atoms with E-state index < -0.39 is 0 Å². The molecule has 22 heavy (non-hydrogen) atoms. The lowest BCUT2D eigenvalue weighted by molar-refractivity contribution is -0.143. The van der Waals surface area contributed by atoms with Gasteiger partial charge in [0.2, 0.25) is 0 Å². The molecule has 0 amide bonds. The molecule has 0 N–H and O–H groups in total. The van der Waals surface area contributed by atoms with Crippen LogP contribution in [0.25, 0.3) is 0 Å². The molecule has 0 radical (unpaired) electrons. The van der Waals surface area contributed by atoms with E-state index in [1.807, 2.05) is 49.4 Å². The Bertz CT molecular complexity index is 647. The Balaban J connectivity index is 1.77. The Morgan fingerprint density at radius 1 is 1.14 bits per heavy atom. The first kappa shape index (κ1) is 16.1. The fraction of sp³-hybridized carbons (Fsp3) is 0.222. The minimum Gasteiger partial charge on any atom is -0.460 e. The normalized spacial score (nSPS) is 11.5. The first-order valence-corrected chi connectivity index (χ1v) is 8.05. The van der Waals surface area contributed by atoms with Crippen molar-refractivity contribution in [2.24, 2.45) is 0 Å². The lowest BCUT2D eigenvalue weighted by atomic mass is 10.2. The van der Waals surface area contributed by atoms with Gasteiger partial charge in [-0.15, -0.1) is 11.8 Å². The Morgan fingerprint density at radius 3 is 2.45 bits per heavy atom. The number of esters is 1. The minimum absolute atomic E-state index is 0.206. The van der Waals surface area contributed by atoms with Crippen LogP contribution in [-0.4, -0.2) is 11.2 Å². The molecule has 112 valence electrons. The number of carbonyl (C=O) groups is 1. The van der Waals surface area contributed by atoms with Gasteiger partial charge in [-0.25, -0.2) is 0 Å². The Morgan fingerprint density at radius 2 is 1.82 bits per heavy atom. The molecular formula is C18H17NO2S. The predicted molar refractivity (Wildman–Crippen MR) is 88.2 cm³/mol. The lowest BCUT2D eigenvalue weighted by Crippen LogP contribution is -2.17. The van der Waals surface area contributed by atoms with Crippen molar-refractivity contribution in [1.82, 2.24) is 0 Å². The van der Waals surface area contributed by atoms with Gasteiger partial charge in [-0.3, -0.25) is 4.79 Å². The molecule has 3 nitrogen and oxygen atoms in total. The first-order valence-electron chi connectivity index (χ1n) is 7.00. The number of benzene rings is 2. The van der Waals surface area contributed by atoms with Gasteiger partial charge in [0.05, 0.1) is 16.9 Å². The molecule has 0 saturated carbocycles. The van der Waals surface area contributed by atoms with E-state index in [1.165, 1.54) is 11.8 Å². The number of nitrogens with zero attached hydrogens (tertiary/aromatic N) is 1. The monoisotopic (exact) mass is 311 g/mol. The molecule has 1 unspecified atom stereocenters. The van der Waals surface area contributed by atoms with Crippen LogP contribution in [0.4, 0.5) is 0 Å². The van der Waals surface area contributed by atoms with Crippen LogP contribution in [0, 0.1) is 11.3 Å². The van der Waals surface area contributed by atoms with Crippen LogP contribution >= 0.6 is 11.8 Å². The second-order valence-corrected chi connectivity index (χ2v) is 6.18. The van der Waals surface area contributed by atoms with Crippen molar-refractivity contribution in [1.29, 1.82) is 5.26 Å². The molecule has 2 aromatic rings. The van der Waals surface area contributed by atoms with Crippen molar-refractivity contribution in [2.75, 3.05) is 0 Å². The van der Waals surface area contributed by atoms with Crippen molar-refractivity contribution in [3.63, 3.8) is 0 Å². The van der Waals surface area contributed by atoms with Gasteiger partial charge in [0.25, 0.3) is 0 Å². The number of rotatable bonds is 6. The summed E-state index contributed by atoms with van der Waals surface area (Å²) in [6, 6.07) is 19.1. The van der Waals surface area contributed by atoms with Gasteiger partial charge < -0.3 is 4.74 Å². The van der Waals surface area contributed by atoms with Gasteiger partial charge in [-0.05, 0) is 30.2 Å². The molecule has 2 rings (SSSR count).